The van der Waals surface area contributed by atoms with Crippen LogP contribution in [0.25, 0.3) is 0 Å². The summed E-state index contributed by atoms with van der Waals surface area (Å²) in [7, 11) is 5.59. The monoisotopic (exact) mass is 331 g/mol. The van der Waals surface area contributed by atoms with Gasteiger partial charge in [0.05, 0.1) is 11.4 Å². The van der Waals surface area contributed by atoms with Crippen molar-refractivity contribution in [3.8, 4) is 0 Å². The molecule has 0 aliphatic carbocycles. The van der Waals surface area contributed by atoms with Crippen LogP contribution in [0.5, 0.6) is 0 Å². The third-order valence-corrected chi connectivity index (χ3v) is 3.75. The molecule has 0 saturated carbocycles. The summed E-state index contributed by atoms with van der Waals surface area (Å²) in [4.78, 5) is 2.02. The average molecular weight is 332 g/mol. The van der Waals surface area contributed by atoms with Crippen LogP contribution in [0.3, 0.4) is 0 Å². The Morgan fingerprint density at radius 2 is 1.83 bits per heavy atom. The number of hydrogen-bond donors (Lipinski definition) is 0. The predicted molar refractivity (Wildman–Crippen MR) is 98.8 cm³/mol. The van der Waals surface area contributed by atoms with Crippen molar-refractivity contribution in [1.29, 1.82) is 0 Å². The molecule has 122 valence electrons. The van der Waals surface area contributed by atoms with E-state index in [9.17, 15) is 0 Å². The Kier molecular flexibility index (Phi) is 6.02. The molecule has 0 amide bonds. The van der Waals surface area contributed by atoms with Gasteiger partial charge in [0, 0.05) is 37.5 Å². The Hall–Kier alpha value is -2.04. The normalized spacial score (nSPS) is 11.4. The number of methoxy groups -OCH3 is 1. The van der Waals surface area contributed by atoms with Crippen molar-refractivity contribution in [1.82, 2.24) is 0 Å². The van der Waals surface area contributed by atoms with Gasteiger partial charge in [-0.3, -0.25) is 5.01 Å². The van der Waals surface area contributed by atoms with E-state index in [0.29, 0.717) is 11.8 Å². The van der Waals surface area contributed by atoms with Gasteiger partial charge < -0.3 is 9.64 Å². The Bertz CT molecular complexity index is 673. The Morgan fingerprint density at radius 1 is 1.13 bits per heavy atom. The fourth-order valence-electron chi connectivity index (χ4n) is 2.37. The van der Waals surface area contributed by atoms with Crippen molar-refractivity contribution in [3.63, 3.8) is 0 Å². The van der Waals surface area contributed by atoms with Crippen LogP contribution in [0.1, 0.15) is 12.5 Å². The second-order valence-electron chi connectivity index (χ2n) is 5.32. The second-order valence-corrected chi connectivity index (χ2v) is 5.76. The number of hydrazone groups is 1. The van der Waals surface area contributed by atoms with E-state index < -0.39 is 0 Å². The van der Waals surface area contributed by atoms with Gasteiger partial charge in [-0.25, -0.2) is 0 Å². The first-order valence-electron chi connectivity index (χ1n) is 7.37. The van der Waals surface area contributed by atoms with Gasteiger partial charge in [0.25, 0.3) is 0 Å². The highest BCUT2D eigenvalue weighted by molar-refractivity contribution is 6.31. The maximum Gasteiger partial charge on any atom is 0.118 e. The average Bonchev–Trinajstić information content (AvgIpc) is 2.55. The molecule has 0 aliphatic rings. The molecule has 0 aliphatic heterocycles. The highest BCUT2D eigenvalue weighted by atomic mass is 35.5. The van der Waals surface area contributed by atoms with Gasteiger partial charge >= 0.3 is 0 Å². The van der Waals surface area contributed by atoms with Crippen LogP contribution in [-0.2, 0) is 4.74 Å². The van der Waals surface area contributed by atoms with Gasteiger partial charge in [-0.2, -0.15) is 5.10 Å². The minimum atomic E-state index is 0.496. The molecular weight excluding hydrogens is 310 g/mol. The van der Waals surface area contributed by atoms with E-state index in [-0.39, 0.29) is 0 Å². The van der Waals surface area contributed by atoms with Crippen molar-refractivity contribution in [2.75, 3.05) is 37.8 Å². The number of nitrogens with zero attached hydrogens (tertiary/aromatic N) is 3. The van der Waals surface area contributed by atoms with Crippen LogP contribution in [0.15, 0.2) is 53.6 Å². The third kappa shape index (κ3) is 4.47. The van der Waals surface area contributed by atoms with Crippen LogP contribution < -0.4 is 9.91 Å². The zero-order valence-corrected chi connectivity index (χ0v) is 14.7. The van der Waals surface area contributed by atoms with Gasteiger partial charge in [0.1, 0.15) is 6.73 Å². The molecule has 0 N–H and O–H groups in total. The van der Waals surface area contributed by atoms with Crippen molar-refractivity contribution < 1.29 is 4.74 Å². The first-order valence-corrected chi connectivity index (χ1v) is 7.74. The van der Waals surface area contributed by atoms with E-state index in [1.165, 1.54) is 0 Å². The Balaban J connectivity index is 2.36. The Labute approximate surface area is 142 Å². The first-order chi connectivity index (χ1) is 11.0. The quantitative estimate of drug-likeness (QED) is 0.450. The number of anilines is 2. The molecule has 2 aromatic rings. The standard InChI is InChI=1S/C18H22ClN3O/c1-14(20-22(3)16-8-6-5-7-9-16)17-12-15(19)10-11-18(17)21(2)13-23-4/h5-12H,13H2,1-4H3/b20-14+. The van der Waals surface area contributed by atoms with E-state index >= 15 is 0 Å². The maximum absolute atomic E-state index is 6.18. The summed E-state index contributed by atoms with van der Waals surface area (Å²) in [6.45, 7) is 2.48. The van der Waals surface area contributed by atoms with E-state index in [1.54, 1.807) is 7.11 Å². The molecular formula is C18H22ClN3O. The van der Waals surface area contributed by atoms with Crippen LogP contribution in [0.2, 0.25) is 5.02 Å². The molecule has 0 unspecified atom stereocenters. The predicted octanol–water partition coefficient (Wildman–Crippen LogP) is 4.24. The molecule has 0 aromatic heterocycles. The van der Waals surface area contributed by atoms with E-state index in [0.717, 1.165) is 22.6 Å². The van der Waals surface area contributed by atoms with Crippen molar-refractivity contribution in [2.24, 2.45) is 5.10 Å². The molecule has 2 aromatic carbocycles. The number of hydrogen-bond acceptors (Lipinski definition) is 4. The number of rotatable bonds is 6. The maximum atomic E-state index is 6.18. The fraction of sp³-hybridized carbons (Fsp3) is 0.278. The van der Waals surface area contributed by atoms with Crippen molar-refractivity contribution in [3.05, 3.63) is 59.1 Å². The minimum absolute atomic E-state index is 0.496. The summed E-state index contributed by atoms with van der Waals surface area (Å²) in [5.74, 6) is 0. The lowest BCUT2D eigenvalue weighted by Gasteiger charge is -2.22. The van der Waals surface area contributed by atoms with Gasteiger partial charge in [-0.05, 0) is 37.3 Å². The Morgan fingerprint density at radius 3 is 2.48 bits per heavy atom. The lowest BCUT2D eigenvalue weighted by Crippen LogP contribution is -2.22. The van der Waals surface area contributed by atoms with E-state index in [1.807, 2.05) is 79.5 Å². The summed E-state index contributed by atoms with van der Waals surface area (Å²) in [5.41, 5.74) is 3.93. The highest BCUT2D eigenvalue weighted by Gasteiger charge is 2.11. The van der Waals surface area contributed by atoms with Crippen LogP contribution >= 0.6 is 11.6 Å². The zero-order chi connectivity index (χ0) is 16.8. The molecule has 0 spiro atoms. The van der Waals surface area contributed by atoms with Crippen LogP contribution in [-0.4, -0.2) is 33.6 Å². The summed E-state index contributed by atoms with van der Waals surface area (Å²) in [5, 5.41) is 7.23. The first kappa shape index (κ1) is 17.3. The van der Waals surface area contributed by atoms with Gasteiger partial charge in [-0.1, -0.05) is 29.8 Å². The number of benzene rings is 2. The molecule has 5 heteroatoms. The zero-order valence-electron chi connectivity index (χ0n) is 14.0. The summed E-state index contributed by atoms with van der Waals surface area (Å²) < 4.78 is 5.22. The number of ether oxygens (including phenoxy) is 1. The lowest BCUT2D eigenvalue weighted by molar-refractivity contribution is 0.202. The SMILES string of the molecule is COCN(C)c1ccc(Cl)cc1/C(C)=N/N(C)c1ccccc1. The number of para-hydroxylation sites is 1. The van der Waals surface area contributed by atoms with E-state index in [2.05, 4.69) is 5.10 Å². The molecule has 4 nitrogen and oxygen atoms in total. The van der Waals surface area contributed by atoms with Crippen molar-refractivity contribution in [2.45, 2.75) is 6.92 Å². The van der Waals surface area contributed by atoms with Gasteiger partial charge in [0.2, 0.25) is 0 Å². The molecule has 0 bridgehead atoms. The largest absolute Gasteiger partial charge is 0.364 e. The smallest absolute Gasteiger partial charge is 0.118 e. The second kappa shape index (κ2) is 7.99. The molecule has 0 radical (unpaired) electrons. The summed E-state index contributed by atoms with van der Waals surface area (Å²) >= 11 is 6.18. The summed E-state index contributed by atoms with van der Waals surface area (Å²) in [6.07, 6.45) is 0. The minimum Gasteiger partial charge on any atom is -0.364 e. The third-order valence-electron chi connectivity index (χ3n) is 3.51. The van der Waals surface area contributed by atoms with Crippen LogP contribution in [0.4, 0.5) is 11.4 Å². The van der Waals surface area contributed by atoms with Crippen LogP contribution in [0, 0.1) is 0 Å². The fourth-order valence-corrected chi connectivity index (χ4v) is 2.55. The topological polar surface area (TPSA) is 28.1 Å². The van der Waals surface area contributed by atoms with Gasteiger partial charge in [-0.15, -0.1) is 0 Å². The molecule has 0 saturated heterocycles. The molecule has 23 heavy (non-hydrogen) atoms. The molecule has 2 rings (SSSR count). The molecule has 0 fully saturated rings. The lowest BCUT2D eigenvalue weighted by atomic mass is 10.1. The molecule has 0 atom stereocenters. The molecule has 0 heterocycles. The van der Waals surface area contributed by atoms with Gasteiger partial charge in [0.15, 0.2) is 0 Å². The number of halogens is 1. The highest BCUT2D eigenvalue weighted by Crippen LogP contribution is 2.25. The van der Waals surface area contributed by atoms with Crippen molar-refractivity contribution >= 4 is 28.7 Å². The van der Waals surface area contributed by atoms with E-state index in [4.69, 9.17) is 16.3 Å². The summed E-state index contributed by atoms with van der Waals surface area (Å²) in [6, 6.07) is 15.8.